The van der Waals surface area contributed by atoms with Gasteiger partial charge in [-0.05, 0) is 106 Å². The van der Waals surface area contributed by atoms with Gasteiger partial charge in [-0.2, -0.15) is 0 Å². The van der Waals surface area contributed by atoms with Crippen LogP contribution in [0.15, 0.2) is 48.8 Å². The van der Waals surface area contributed by atoms with Gasteiger partial charge in [0.2, 0.25) is 5.91 Å². The molecule has 1 aromatic heterocycles. The molecule has 2 N–H and O–H groups in total. The number of piperidine rings is 2. The molecule has 2 saturated carbocycles. The van der Waals surface area contributed by atoms with Gasteiger partial charge in [-0.15, -0.1) is 0 Å². The molecule has 2 unspecified atom stereocenters. The molecule has 0 radical (unpaired) electrons. The number of amides is 1. The molecule has 4 aliphatic rings. The maximum atomic E-state index is 13.7. The number of hydrogen-bond acceptors (Lipinski definition) is 7. The van der Waals surface area contributed by atoms with Crippen LogP contribution in [0.3, 0.4) is 0 Å². The second-order valence-electron chi connectivity index (χ2n) is 13.4. The van der Waals surface area contributed by atoms with E-state index in [2.05, 4.69) is 37.4 Å². The van der Waals surface area contributed by atoms with E-state index in [1.807, 2.05) is 18.2 Å². The Morgan fingerprint density at radius 3 is 2.73 bits per heavy atom. The van der Waals surface area contributed by atoms with Crippen LogP contribution in [-0.2, 0) is 4.79 Å². The van der Waals surface area contributed by atoms with Crippen LogP contribution in [0.2, 0.25) is 5.02 Å². The average molecular weight is 619 g/mol. The molecule has 2 aliphatic heterocycles. The van der Waals surface area contributed by atoms with Gasteiger partial charge < -0.3 is 20.3 Å². The van der Waals surface area contributed by atoms with E-state index in [-0.39, 0.29) is 10.9 Å². The molecule has 3 heterocycles. The Hall–Kier alpha value is -3.27. The zero-order valence-electron chi connectivity index (χ0n) is 25.2. The summed E-state index contributed by atoms with van der Waals surface area (Å²) < 4.78 is 20.1. The molecule has 44 heavy (non-hydrogen) atoms. The number of likely N-dealkylation sites (tertiary alicyclic amines) is 2. The van der Waals surface area contributed by atoms with Crippen LogP contribution in [-0.4, -0.2) is 72.1 Å². The van der Waals surface area contributed by atoms with Gasteiger partial charge in [0.15, 0.2) is 0 Å². The number of anilines is 3. The van der Waals surface area contributed by atoms with E-state index in [9.17, 15) is 9.18 Å². The number of nitrogens with zero attached hydrogens (tertiary/aromatic N) is 4. The molecular weight excluding hydrogens is 579 g/mol. The van der Waals surface area contributed by atoms with Crippen molar-refractivity contribution in [3.63, 3.8) is 0 Å². The summed E-state index contributed by atoms with van der Waals surface area (Å²) in [5.74, 6) is 2.80. The predicted molar refractivity (Wildman–Crippen MR) is 172 cm³/mol. The van der Waals surface area contributed by atoms with Crippen molar-refractivity contribution in [1.29, 1.82) is 0 Å². The number of rotatable bonds is 10. The Bertz CT molecular complexity index is 1560. The number of halogens is 2. The van der Waals surface area contributed by atoms with Crippen molar-refractivity contribution >= 4 is 45.6 Å². The van der Waals surface area contributed by atoms with Crippen LogP contribution < -0.4 is 15.4 Å². The summed E-state index contributed by atoms with van der Waals surface area (Å²) in [5.41, 5.74) is 2.36. The molecule has 4 fully saturated rings. The minimum absolute atomic E-state index is 0.0166. The summed E-state index contributed by atoms with van der Waals surface area (Å²) in [7, 11) is 2.21. The topological polar surface area (TPSA) is 82.6 Å². The Morgan fingerprint density at radius 2 is 1.95 bits per heavy atom. The van der Waals surface area contributed by atoms with E-state index in [1.165, 1.54) is 63.7 Å². The highest BCUT2D eigenvalue weighted by molar-refractivity contribution is 6.31. The highest BCUT2D eigenvalue weighted by atomic mass is 35.5. The standard InChI is InChI=1S/C34H40ClFN6O2/c1-41-10-7-34(8-11-41)17-22(18-34)6-12-44-31-16-29-26(33(38-21-37-29)39-25-4-5-28(36)27(35)14-25)15-30(31)40-32(43)3-2-9-42-19-23-13-24(23)20-42/h2-5,14-16,21-24H,6-13,17-20H2,1H3,(H,40,43)(H,37,38,39)/b3-2+. The van der Waals surface area contributed by atoms with Gasteiger partial charge in [0, 0.05) is 42.9 Å². The summed E-state index contributed by atoms with van der Waals surface area (Å²) in [5, 5.41) is 6.97. The number of benzene rings is 2. The van der Waals surface area contributed by atoms with Crippen molar-refractivity contribution in [1.82, 2.24) is 19.8 Å². The summed E-state index contributed by atoms with van der Waals surface area (Å²) in [6.45, 7) is 6.02. The molecule has 2 aromatic carbocycles. The number of hydrogen-bond donors (Lipinski definition) is 2. The maximum Gasteiger partial charge on any atom is 0.248 e. The number of fused-ring (bicyclic) bond motifs is 2. The van der Waals surface area contributed by atoms with Gasteiger partial charge in [0.1, 0.15) is 23.7 Å². The number of carbonyl (C=O) groups excluding carboxylic acids is 1. The normalized spacial score (nSPS) is 23.2. The average Bonchev–Trinajstić information content (AvgIpc) is 3.60. The fraction of sp³-hybridized carbons (Fsp3) is 0.500. The molecule has 1 spiro atoms. The van der Waals surface area contributed by atoms with Crippen LogP contribution in [0, 0.1) is 29.0 Å². The lowest BCUT2D eigenvalue weighted by Gasteiger charge is -2.52. The van der Waals surface area contributed by atoms with Crippen molar-refractivity contribution in [3.8, 4) is 5.75 Å². The molecule has 2 saturated heterocycles. The van der Waals surface area contributed by atoms with Gasteiger partial charge in [-0.1, -0.05) is 17.7 Å². The zero-order chi connectivity index (χ0) is 30.3. The van der Waals surface area contributed by atoms with E-state index >= 15 is 0 Å². The second kappa shape index (κ2) is 12.3. The smallest absolute Gasteiger partial charge is 0.248 e. The van der Waals surface area contributed by atoms with Gasteiger partial charge in [-0.25, -0.2) is 14.4 Å². The van der Waals surface area contributed by atoms with E-state index in [0.29, 0.717) is 51.8 Å². The van der Waals surface area contributed by atoms with Gasteiger partial charge in [0.25, 0.3) is 0 Å². The van der Waals surface area contributed by atoms with E-state index in [4.69, 9.17) is 16.3 Å². The second-order valence-corrected chi connectivity index (χ2v) is 13.8. The first-order valence-corrected chi connectivity index (χ1v) is 16.2. The first kappa shape index (κ1) is 29.4. The summed E-state index contributed by atoms with van der Waals surface area (Å²) >= 11 is 6.00. The third-order valence-electron chi connectivity index (χ3n) is 10.1. The number of carbonyl (C=O) groups is 1. The van der Waals surface area contributed by atoms with Gasteiger partial charge in [0.05, 0.1) is 22.8 Å². The monoisotopic (exact) mass is 618 g/mol. The lowest BCUT2D eigenvalue weighted by molar-refractivity contribution is -0.111. The summed E-state index contributed by atoms with van der Waals surface area (Å²) in [4.78, 5) is 26.8. The highest BCUT2D eigenvalue weighted by Crippen LogP contribution is 2.53. The Kier molecular flexibility index (Phi) is 8.20. The number of ether oxygens (including phenoxy) is 1. The first-order chi connectivity index (χ1) is 21.3. The van der Waals surface area contributed by atoms with Crippen molar-refractivity contribution in [2.24, 2.45) is 23.2 Å². The molecule has 3 aromatic rings. The lowest BCUT2D eigenvalue weighted by atomic mass is 9.57. The van der Waals surface area contributed by atoms with Gasteiger partial charge in [-0.3, -0.25) is 9.69 Å². The van der Waals surface area contributed by atoms with Crippen LogP contribution in [0.5, 0.6) is 5.75 Å². The van der Waals surface area contributed by atoms with Gasteiger partial charge >= 0.3 is 0 Å². The van der Waals surface area contributed by atoms with Crippen LogP contribution in [0.1, 0.15) is 38.5 Å². The largest absolute Gasteiger partial charge is 0.491 e. The molecule has 8 nitrogen and oxygen atoms in total. The molecule has 2 atom stereocenters. The minimum atomic E-state index is -0.491. The van der Waals surface area contributed by atoms with Crippen LogP contribution in [0.4, 0.5) is 21.6 Å². The quantitative estimate of drug-likeness (QED) is 0.251. The van der Waals surface area contributed by atoms with Crippen LogP contribution >= 0.6 is 11.6 Å². The van der Waals surface area contributed by atoms with E-state index in [0.717, 1.165) is 37.9 Å². The van der Waals surface area contributed by atoms with Crippen molar-refractivity contribution < 1.29 is 13.9 Å². The Balaban J connectivity index is 1.06. The number of nitrogens with one attached hydrogen (secondary N) is 2. The summed E-state index contributed by atoms with van der Waals surface area (Å²) in [6, 6.07) is 8.11. The SMILES string of the molecule is CN1CCC2(CC1)CC(CCOc1cc3ncnc(Nc4ccc(F)c(Cl)c4)c3cc1NC(=O)/C=C/CN1CC3CC3C1)C2. The first-order valence-electron chi connectivity index (χ1n) is 15.8. The van der Waals surface area contributed by atoms with Crippen molar-refractivity contribution in [3.05, 3.63) is 59.7 Å². The fourth-order valence-corrected chi connectivity index (χ4v) is 7.63. The zero-order valence-corrected chi connectivity index (χ0v) is 26.0. The fourth-order valence-electron chi connectivity index (χ4n) is 7.44. The Morgan fingerprint density at radius 1 is 1.16 bits per heavy atom. The molecule has 0 bridgehead atoms. The predicted octanol–water partition coefficient (Wildman–Crippen LogP) is 6.50. The summed E-state index contributed by atoms with van der Waals surface area (Å²) in [6.07, 6.45) is 12.5. The maximum absolute atomic E-state index is 13.7. The van der Waals surface area contributed by atoms with E-state index < -0.39 is 5.82 Å². The third kappa shape index (κ3) is 6.55. The number of aromatic nitrogens is 2. The van der Waals surface area contributed by atoms with Crippen molar-refractivity contribution in [2.75, 3.05) is 57.0 Å². The molecule has 7 rings (SSSR count). The third-order valence-corrected chi connectivity index (χ3v) is 10.4. The van der Waals surface area contributed by atoms with E-state index in [1.54, 1.807) is 12.1 Å². The molecule has 10 heteroatoms. The lowest BCUT2D eigenvalue weighted by Crippen LogP contribution is -2.46. The molecule has 232 valence electrons. The highest BCUT2D eigenvalue weighted by Gasteiger charge is 2.45. The molecular formula is C34H40ClFN6O2. The Labute approximate surface area is 263 Å². The van der Waals surface area contributed by atoms with Crippen molar-refractivity contribution in [2.45, 2.75) is 38.5 Å². The molecule has 2 aliphatic carbocycles. The molecule has 1 amide bonds. The minimum Gasteiger partial charge on any atom is -0.491 e. The van der Waals surface area contributed by atoms with Crippen LogP contribution in [0.25, 0.3) is 10.9 Å².